The molecule has 25 heavy (non-hydrogen) atoms. The van der Waals surface area contributed by atoms with Crippen LogP contribution in [-0.4, -0.2) is 55.3 Å². The van der Waals surface area contributed by atoms with E-state index in [2.05, 4.69) is 17.1 Å². The lowest BCUT2D eigenvalue weighted by atomic mass is 9.86. The number of morpholine rings is 1. The fourth-order valence-corrected chi connectivity index (χ4v) is 4.85. The van der Waals surface area contributed by atoms with Gasteiger partial charge in [0, 0.05) is 30.2 Å². The minimum atomic E-state index is -0.193. The maximum atomic E-state index is 13.0. The number of hydrogen-bond donors (Lipinski definition) is 1. The molecule has 1 aliphatic carbocycles. The molecule has 1 saturated carbocycles. The number of hydrogen-bond acceptors (Lipinski definition) is 4. The van der Waals surface area contributed by atoms with Gasteiger partial charge in [-0.25, -0.2) is 0 Å². The molecule has 5 nitrogen and oxygen atoms in total. The van der Waals surface area contributed by atoms with Crippen molar-refractivity contribution in [3.63, 3.8) is 0 Å². The number of nitrogens with zero attached hydrogens (tertiary/aromatic N) is 1. The molecule has 0 unspecified atom stereocenters. The molecule has 0 spiro atoms. The van der Waals surface area contributed by atoms with Crippen molar-refractivity contribution in [3.05, 3.63) is 29.8 Å². The number of carbonyl (C=O) groups excluding carboxylic acids is 1. The van der Waals surface area contributed by atoms with Gasteiger partial charge in [0.05, 0.1) is 13.2 Å². The van der Waals surface area contributed by atoms with E-state index in [1.54, 1.807) is 0 Å². The Labute approximate surface area is 149 Å². The van der Waals surface area contributed by atoms with Gasteiger partial charge in [0.25, 0.3) is 0 Å². The van der Waals surface area contributed by atoms with Gasteiger partial charge in [-0.05, 0) is 25.8 Å². The van der Waals surface area contributed by atoms with Gasteiger partial charge in [-0.3, -0.25) is 9.69 Å². The third-order valence-electron chi connectivity index (χ3n) is 6.29. The third-order valence-corrected chi connectivity index (χ3v) is 6.29. The number of amides is 1. The predicted molar refractivity (Wildman–Crippen MR) is 95.9 cm³/mol. The van der Waals surface area contributed by atoms with Crippen molar-refractivity contribution in [1.82, 2.24) is 10.2 Å². The number of nitrogens with one attached hydrogen (secondary N) is 1. The topological polar surface area (TPSA) is 50.8 Å². The van der Waals surface area contributed by atoms with E-state index in [1.807, 2.05) is 24.3 Å². The number of para-hydroxylation sites is 1. The zero-order valence-electron chi connectivity index (χ0n) is 15.0. The lowest BCUT2D eigenvalue weighted by Crippen LogP contribution is -2.62. The summed E-state index contributed by atoms with van der Waals surface area (Å²) < 4.78 is 11.2. The first-order valence-electron chi connectivity index (χ1n) is 9.56. The molecule has 1 saturated heterocycles. The smallest absolute Gasteiger partial charge is 0.231 e. The first kappa shape index (κ1) is 16.9. The summed E-state index contributed by atoms with van der Waals surface area (Å²) in [6.07, 6.45) is 4.80. The molecule has 0 aromatic heterocycles. The van der Waals surface area contributed by atoms with Crippen LogP contribution in [0, 0.1) is 0 Å². The monoisotopic (exact) mass is 344 g/mol. The van der Waals surface area contributed by atoms with Crippen LogP contribution in [0.25, 0.3) is 0 Å². The van der Waals surface area contributed by atoms with Crippen molar-refractivity contribution < 1.29 is 14.3 Å². The minimum Gasteiger partial charge on any atom is -0.492 e. The average molecular weight is 344 g/mol. The summed E-state index contributed by atoms with van der Waals surface area (Å²) in [6.45, 7) is 6.16. The van der Waals surface area contributed by atoms with E-state index in [1.165, 1.54) is 12.8 Å². The van der Waals surface area contributed by atoms with Crippen LogP contribution in [0.4, 0.5) is 0 Å². The molecular weight excluding hydrogens is 316 g/mol. The summed E-state index contributed by atoms with van der Waals surface area (Å²) in [5, 5.41) is 3.34. The Hall–Kier alpha value is -1.59. The van der Waals surface area contributed by atoms with E-state index in [-0.39, 0.29) is 23.4 Å². The summed E-state index contributed by atoms with van der Waals surface area (Å²) in [6, 6.07) is 8.01. The van der Waals surface area contributed by atoms with Crippen molar-refractivity contribution in [3.8, 4) is 5.75 Å². The van der Waals surface area contributed by atoms with Crippen LogP contribution in [0.2, 0.25) is 0 Å². The van der Waals surface area contributed by atoms with E-state index in [9.17, 15) is 4.79 Å². The van der Waals surface area contributed by atoms with Gasteiger partial charge < -0.3 is 14.8 Å². The molecule has 1 aromatic carbocycles. The molecular formula is C20H28N2O3. The van der Waals surface area contributed by atoms with Gasteiger partial charge in [0.15, 0.2) is 0 Å². The second kappa shape index (κ2) is 6.96. The Bertz CT molecular complexity index is 621. The average Bonchev–Trinajstić information content (AvgIpc) is 3.30. The van der Waals surface area contributed by atoms with Crippen LogP contribution < -0.4 is 10.1 Å². The van der Waals surface area contributed by atoms with E-state index in [0.29, 0.717) is 6.61 Å². The number of carbonyl (C=O) groups is 1. The Morgan fingerprint density at radius 1 is 1.24 bits per heavy atom. The van der Waals surface area contributed by atoms with E-state index < -0.39 is 0 Å². The number of rotatable bonds is 4. The summed E-state index contributed by atoms with van der Waals surface area (Å²) in [5.41, 5.74) is 1.09. The second-order valence-electron chi connectivity index (χ2n) is 7.54. The van der Waals surface area contributed by atoms with Crippen LogP contribution in [0.3, 0.4) is 0 Å². The van der Waals surface area contributed by atoms with Crippen molar-refractivity contribution in [1.29, 1.82) is 0 Å². The van der Waals surface area contributed by atoms with Gasteiger partial charge in [-0.2, -0.15) is 0 Å². The Balaban J connectivity index is 1.48. The van der Waals surface area contributed by atoms with Crippen molar-refractivity contribution in [2.75, 3.05) is 32.9 Å². The SMILES string of the molecule is C[C@@H](NC(=O)[C@@H]1COc2ccccc21)C1(N2CCOCC2)CCCC1. The fourth-order valence-electron chi connectivity index (χ4n) is 4.85. The molecule has 2 aliphatic heterocycles. The van der Waals surface area contributed by atoms with Crippen molar-refractivity contribution in [2.24, 2.45) is 0 Å². The van der Waals surface area contributed by atoms with E-state index >= 15 is 0 Å². The highest BCUT2D eigenvalue weighted by atomic mass is 16.5. The molecule has 2 fully saturated rings. The third kappa shape index (κ3) is 3.04. The zero-order chi connectivity index (χ0) is 17.3. The van der Waals surface area contributed by atoms with Crippen LogP contribution in [0.1, 0.15) is 44.1 Å². The molecule has 0 radical (unpaired) electrons. The standard InChI is InChI=1S/C20H28N2O3/c1-15(20(8-4-5-9-20)22-10-12-24-13-11-22)21-19(23)17-14-25-18-7-3-2-6-16(17)18/h2-3,6-7,15,17H,4-5,8-14H2,1H3,(H,21,23)/t15-,17-/m1/s1. The Morgan fingerprint density at radius 2 is 1.96 bits per heavy atom. The quantitative estimate of drug-likeness (QED) is 0.911. The molecule has 3 aliphatic rings. The number of ether oxygens (including phenoxy) is 2. The maximum Gasteiger partial charge on any atom is 0.231 e. The highest BCUT2D eigenvalue weighted by molar-refractivity contribution is 5.85. The summed E-state index contributed by atoms with van der Waals surface area (Å²) >= 11 is 0. The minimum absolute atomic E-state index is 0.0818. The Kier molecular flexibility index (Phi) is 4.69. The summed E-state index contributed by atoms with van der Waals surface area (Å²) in [5.74, 6) is 0.748. The lowest BCUT2D eigenvalue weighted by Gasteiger charge is -2.47. The van der Waals surface area contributed by atoms with E-state index in [4.69, 9.17) is 9.47 Å². The highest BCUT2D eigenvalue weighted by Gasteiger charge is 2.45. The molecule has 0 bridgehead atoms. The molecule has 1 amide bonds. The van der Waals surface area contributed by atoms with Crippen LogP contribution in [0.5, 0.6) is 5.75 Å². The molecule has 4 rings (SSSR count). The van der Waals surface area contributed by atoms with Crippen LogP contribution >= 0.6 is 0 Å². The summed E-state index contributed by atoms with van der Waals surface area (Å²) in [4.78, 5) is 15.5. The van der Waals surface area contributed by atoms with Crippen molar-refractivity contribution in [2.45, 2.75) is 50.1 Å². The first-order valence-corrected chi connectivity index (χ1v) is 9.56. The normalized spacial score (nSPS) is 26.7. The van der Waals surface area contributed by atoms with Crippen molar-refractivity contribution >= 4 is 5.91 Å². The lowest BCUT2D eigenvalue weighted by molar-refractivity contribution is -0.125. The van der Waals surface area contributed by atoms with E-state index in [0.717, 1.165) is 50.5 Å². The first-order chi connectivity index (χ1) is 12.2. The molecule has 2 atom stereocenters. The van der Waals surface area contributed by atoms with Gasteiger partial charge in [-0.1, -0.05) is 31.0 Å². The summed E-state index contributed by atoms with van der Waals surface area (Å²) in [7, 11) is 0. The molecule has 1 N–H and O–H groups in total. The van der Waals surface area contributed by atoms with Crippen LogP contribution in [0.15, 0.2) is 24.3 Å². The van der Waals surface area contributed by atoms with Gasteiger partial charge in [0.2, 0.25) is 5.91 Å². The van der Waals surface area contributed by atoms with Crippen LogP contribution in [-0.2, 0) is 9.53 Å². The van der Waals surface area contributed by atoms with Gasteiger partial charge in [0.1, 0.15) is 18.3 Å². The number of benzene rings is 1. The molecule has 5 heteroatoms. The Morgan fingerprint density at radius 3 is 2.72 bits per heavy atom. The number of fused-ring (bicyclic) bond motifs is 1. The van der Waals surface area contributed by atoms with Gasteiger partial charge >= 0.3 is 0 Å². The fraction of sp³-hybridized carbons (Fsp3) is 0.650. The second-order valence-corrected chi connectivity index (χ2v) is 7.54. The largest absolute Gasteiger partial charge is 0.492 e. The molecule has 2 heterocycles. The molecule has 136 valence electrons. The predicted octanol–water partition coefficient (Wildman–Crippen LogP) is 2.31. The van der Waals surface area contributed by atoms with Gasteiger partial charge in [-0.15, -0.1) is 0 Å². The molecule has 1 aromatic rings. The highest BCUT2D eigenvalue weighted by Crippen LogP contribution is 2.39. The maximum absolute atomic E-state index is 13.0. The zero-order valence-corrected chi connectivity index (χ0v) is 15.0.